The van der Waals surface area contributed by atoms with Crippen molar-refractivity contribution in [2.24, 2.45) is 0 Å². The quantitative estimate of drug-likeness (QED) is 0.584. The van der Waals surface area contributed by atoms with Crippen LogP contribution >= 0.6 is 23.2 Å². The molecule has 1 aromatic carbocycles. The van der Waals surface area contributed by atoms with Crippen LogP contribution in [0.15, 0.2) is 30.9 Å². The molecule has 0 bridgehead atoms. The molecule has 1 aromatic rings. The fourth-order valence-corrected chi connectivity index (χ4v) is 1.46. The maximum atomic E-state index is 5.97. The number of halogens is 2. The molecule has 0 aliphatic heterocycles. The molecular formula is C11H13Cl2N. The van der Waals surface area contributed by atoms with Crippen LogP contribution in [0.5, 0.6) is 0 Å². The predicted molar refractivity (Wildman–Crippen MR) is 64.4 cm³/mol. The van der Waals surface area contributed by atoms with E-state index in [1.54, 1.807) is 12.1 Å². The van der Waals surface area contributed by atoms with Crippen LogP contribution in [0.25, 0.3) is 0 Å². The number of allylic oxidation sites excluding steroid dienone is 1. The molecule has 14 heavy (non-hydrogen) atoms. The SMILES string of the molecule is C=CCCCNc1cc(Cl)ccc1Cl. The Morgan fingerprint density at radius 3 is 2.86 bits per heavy atom. The summed E-state index contributed by atoms with van der Waals surface area (Å²) < 4.78 is 0. The van der Waals surface area contributed by atoms with E-state index in [1.165, 1.54) is 0 Å². The minimum atomic E-state index is 0.695. The number of unbranched alkanes of at least 4 members (excludes halogenated alkanes) is 1. The first-order valence-electron chi connectivity index (χ1n) is 4.54. The van der Waals surface area contributed by atoms with Gasteiger partial charge in [-0.25, -0.2) is 0 Å². The molecule has 1 nitrogen and oxygen atoms in total. The van der Waals surface area contributed by atoms with Crippen molar-refractivity contribution in [3.05, 3.63) is 40.9 Å². The van der Waals surface area contributed by atoms with Crippen molar-refractivity contribution in [2.45, 2.75) is 12.8 Å². The molecule has 0 spiro atoms. The van der Waals surface area contributed by atoms with Crippen LogP contribution < -0.4 is 5.32 Å². The van der Waals surface area contributed by atoms with Gasteiger partial charge in [-0.05, 0) is 31.0 Å². The van der Waals surface area contributed by atoms with Crippen LogP contribution in [0.1, 0.15) is 12.8 Å². The summed E-state index contributed by atoms with van der Waals surface area (Å²) in [7, 11) is 0. The normalized spacial score (nSPS) is 9.86. The molecule has 0 unspecified atom stereocenters. The highest BCUT2D eigenvalue weighted by Gasteiger charge is 1.99. The standard InChI is InChI=1S/C11H13Cl2N/c1-2-3-4-7-14-11-8-9(12)5-6-10(11)13/h2,5-6,8,14H,1,3-4,7H2. The molecule has 0 radical (unpaired) electrons. The summed E-state index contributed by atoms with van der Waals surface area (Å²) in [6, 6.07) is 5.40. The van der Waals surface area contributed by atoms with Gasteiger partial charge in [-0.2, -0.15) is 0 Å². The molecule has 0 aromatic heterocycles. The van der Waals surface area contributed by atoms with E-state index in [0.717, 1.165) is 25.1 Å². The molecule has 1 N–H and O–H groups in total. The molecule has 1 rings (SSSR count). The first-order valence-corrected chi connectivity index (χ1v) is 5.29. The lowest BCUT2D eigenvalue weighted by Gasteiger charge is -2.07. The molecular weight excluding hydrogens is 217 g/mol. The maximum absolute atomic E-state index is 5.97. The van der Waals surface area contributed by atoms with E-state index in [0.29, 0.717) is 10.0 Å². The van der Waals surface area contributed by atoms with Crippen molar-refractivity contribution in [3.8, 4) is 0 Å². The van der Waals surface area contributed by atoms with Gasteiger partial charge in [-0.15, -0.1) is 6.58 Å². The van der Waals surface area contributed by atoms with Gasteiger partial charge in [0.2, 0.25) is 0 Å². The summed E-state index contributed by atoms with van der Waals surface area (Å²) in [6.45, 7) is 4.54. The summed E-state index contributed by atoms with van der Waals surface area (Å²) in [6.07, 6.45) is 3.96. The third-order valence-electron chi connectivity index (χ3n) is 1.83. The molecule has 3 heteroatoms. The lowest BCUT2D eigenvalue weighted by atomic mass is 10.3. The number of benzene rings is 1. The molecule has 76 valence electrons. The van der Waals surface area contributed by atoms with Gasteiger partial charge in [-0.3, -0.25) is 0 Å². The molecule has 0 amide bonds. The van der Waals surface area contributed by atoms with Gasteiger partial charge in [-0.1, -0.05) is 29.3 Å². The van der Waals surface area contributed by atoms with Gasteiger partial charge < -0.3 is 5.32 Å². The van der Waals surface area contributed by atoms with E-state index in [9.17, 15) is 0 Å². The second-order valence-electron chi connectivity index (χ2n) is 2.98. The Labute approximate surface area is 94.7 Å². The van der Waals surface area contributed by atoms with Crippen LogP contribution in [0.2, 0.25) is 10.0 Å². The number of nitrogens with one attached hydrogen (secondary N) is 1. The van der Waals surface area contributed by atoms with Crippen LogP contribution in [0.3, 0.4) is 0 Å². The minimum Gasteiger partial charge on any atom is -0.384 e. The van der Waals surface area contributed by atoms with E-state index in [1.807, 2.05) is 12.1 Å². The van der Waals surface area contributed by atoms with Crippen LogP contribution in [0, 0.1) is 0 Å². The zero-order valence-corrected chi connectivity index (χ0v) is 9.41. The third-order valence-corrected chi connectivity index (χ3v) is 2.39. The number of hydrogen-bond acceptors (Lipinski definition) is 1. The Morgan fingerprint density at radius 2 is 2.14 bits per heavy atom. The minimum absolute atomic E-state index is 0.695. The van der Waals surface area contributed by atoms with E-state index in [4.69, 9.17) is 23.2 Å². The first-order chi connectivity index (χ1) is 6.74. The molecule has 0 saturated carbocycles. The van der Waals surface area contributed by atoms with Crippen LogP contribution in [-0.2, 0) is 0 Å². The summed E-state index contributed by atoms with van der Waals surface area (Å²) in [5.74, 6) is 0. The third kappa shape index (κ3) is 3.60. The van der Waals surface area contributed by atoms with Gasteiger partial charge in [0, 0.05) is 11.6 Å². The summed E-state index contributed by atoms with van der Waals surface area (Å²) in [5, 5.41) is 4.62. The van der Waals surface area contributed by atoms with Crippen molar-refractivity contribution in [2.75, 3.05) is 11.9 Å². The second kappa shape index (κ2) is 5.94. The van der Waals surface area contributed by atoms with Gasteiger partial charge in [0.15, 0.2) is 0 Å². The average Bonchev–Trinajstić information content (AvgIpc) is 2.18. The number of hydrogen-bond donors (Lipinski definition) is 1. The predicted octanol–water partition coefficient (Wildman–Crippen LogP) is 4.37. The van der Waals surface area contributed by atoms with Crippen LogP contribution in [-0.4, -0.2) is 6.54 Å². The maximum Gasteiger partial charge on any atom is 0.0638 e. The Kier molecular flexibility index (Phi) is 4.85. The Hall–Kier alpha value is -0.660. The van der Waals surface area contributed by atoms with Gasteiger partial charge >= 0.3 is 0 Å². The van der Waals surface area contributed by atoms with Gasteiger partial charge in [0.25, 0.3) is 0 Å². The van der Waals surface area contributed by atoms with E-state index in [2.05, 4.69) is 11.9 Å². The van der Waals surface area contributed by atoms with E-state index < -0.39 is 0 Å². The van der Waals surface area contributed by atoms with Crippen molar-refractivity contribution in [1.29, 1.82) is 0 Å². The molecule has 0 aliphatic rings. The Morgan fingerprint density at radius 1 is 1.36 bits per heavy atom. The van der Waals surface area contributed by atoms with Crippen molar-refractivity contribution in [1.82, 2.24) is 0 Å². The highest BCUT2D eigenvalue weighted by Crippen LogP contribution is 2.25. The summed E-state index contributed by atoms with van der Waals surface area (Å²) in [5.41, 5.74) is 0.892. The number of anilines is 1. The van der Waals surface area contributed by atoms with Gasteiger partial charge in [0.05, 0.1) is 10.7 Å². The van der Waals surface area contributed by atoms with E-state index >= 15 is 0 Å². The fourth-order valence-electron chi connectivity index (χ4n) is 1.10. The average molecular weight is 230 g/mol. The lowest BCUT2D eigenvalue weighted by molar-refractivity contribution is 0.891. The second-order valence-corrected chi connectivity index (χ2v) is 3.83. The molecule has 0 fully saturated rings. The summed E-state index contributed by atoms with van der Waals surface area (Å²) >= 11 is 11.8. The lowest BCUT2D eigenvalue weighted by Crippen LogP contribution is -2.01. The fraction of sp³-hybridized carbons (Fsp3) is 0.273. The first kappa shape index (κ1) is 11.4. The highest BCUT2D eigenvalue weighted by atomic mass is 35.5. The topological polar surface area (TPSA) is 12.0 Å². The monoisotopic (exact) mass is 229 g/mol. The Balaban J connectivity index is 2.49. The van der Waals surface area contributed by atoms with Crippen molar-refractivity contribution >= 4 is 28.9 Å². The van der Waals surface area contributed by atoms with Gasteiger partial charge in [0.1, 0.15) is 0 Å². The smallest absolute Gasteiger partial charge is 0.0638 e. The molecule has 0 saturated heterocycles. The Bertz CT molecular complexity index is 310. The van der Waals surface area contributed by atoms with Crippen molar-refractivity contribution in [3.63, 3.8) is 0 Å². The molecule has 0 heterocycles. The highest BCUT2D eigenvalue weighted by molar-refractivity contribution is 6.35. The largest absolute Gasteiger partial charge is 0.384 e. The zero-order chi connectivity index (χ0) is 10.4. The molecule has 0 aliphatic carbocycles. The summed E-state index contributed by atoms with van der Waals surface area (Å²) in [4.78, 5) is 0. The van der Waals surface area contributed by atoms with Crippen LogP contribution in [0.4, 0.5) is 5.69 Å². The zero-order valence-electron chi connectivity index (χ0n) is 7.89. The van der Waals surface area contributed by atoms with E-state index in [-0.39, 0.29) is 0 Å². The van der Waals surface area contributed by atoms with Crippen molar-refractivity contribution < 1.29 is 0 Å². The molecule has 0 atom stereocenters. The number of rotatable bonds is 5.